The molecule has 1 aliphatic rings. The Bertz CT molecular complexity index is 581. The van der Waals surface area contributed by atoms with Gasteiger partial charge in [0.05, 0.1) is 0 Å². The van der Waals surface area contributed by atoms with E-state index >= 15 is 0 Å². The topological polar surface area (TPSA) is 57.7 Å². The van der Waals surface area contributed by atoms with Gasteiger partial charge in [-0.15, -0.1) is 0 Å². The Morgan fingerprint density at radius 2 is 1.68 bits per heavy atom. The monoisotopic (exact) mass is 322 g/mol. The largest absolute Gasteiger partial charge is 0.339 e. The molecule has 0 unspecified atom stereocenters. The van der Waals surface area contributed by atoms with Crippen molar-refractivity contribution in [3.8, 4) is 0 Å². The summed E-state index contributed by atoms with van der Waals surface area (Å²) >= 11 is 5.90. The summed E-state index contributed by atoms with van der Waals surface area (Å²) in [5, 5.41) is 0.531. The molecule has 0 aromatic heterocycles. The highest BCUT2D eigenvalue weighted by Crippen LogP contribution is 2.14. The molecular formula is C16H19ClN2O3. The molecule has 2 rings (SSSR count). The second-order valence-corrected chi connectivity index (χ2v) is 5.82. The third kappa shape index (κ3) is 4.31. The number of carbonyl (C=O) groups is 3. The van der Waals surface area contributed by atoms with Crippen LogP contribution in [0.4, 0.5) is 0 Å². The molecule has 1 aliphatic heterocycles. The average molecular weight is 323 g/mol. The van der Waals surface area contributed by atoms with Crippen LogP contribution in [-0.4, -0.2) is 53.6 Å². The van der Waals surface area contributed by atoms with Crippen LogP contribution >= 0.6 is 11.6 Å². The van der Waals surface area contributed by atoms with Crippen LogP contribution in [0.2, 0.25) is 5.02 Å². The Morgan fingerprint density at radius 1 is 1.05 bits per heavy atom. The fourth-order valence-electron chi connectivity index (χ4n) is 2.40. The third-order valence-electron chi connectivity index (χ3n) is 3.68. The van der Waals surface area contributed by atoms with E-state index in [0.717, 1.165) is 0 Å². The minimum atomic E-state index is -0.0710. The number of Topliss-reactive ketones (excluding diaryl/α,β-unsaturated/α-hetero) is 1. The van der Waals surface area contributed by atoms with Gasteiger partial charge in [0.2, 0.25) is 5.91 Å². The van der Waals surface area contributed by atoms with Gasteiger partial charge in [0.25, 0.3) is 5.91 Å². The van der Waals surface area contributed by atoms with Crippen molar-refractivity contribution >= 4 is 29.2 Å². The smallest absolute Gasteiger partial charge is 0.254 e. The van der Waals surface area contributed by atoms with Gasteiger partial charge in [-0.1, -0.05) is 17.7 Å². The minimum Gasteiger partial charge on any atom is -0.339 e. The molecule has 1 aromatic rings. The molecule has 1 saturated heterocycles. The summed E-state index contributed by atoms with van der Waals surface area (Å²) in [6.45, 7) is 3.48. The van der Waals surface area contributed by atoms with E-state index in [4.69, 9.17) is 11.6 Å². The van der Waals surface area contributed by atoms with E-state index in [1.165, 1.54) is 6.92 Å². The Labute approximate surface area is 134 Å². The molecule has 6 heteroatoms. The summed E-state index contributed by atoms with van der Waals surface area (Å²) in [5.74, 6) is -0.0773. The molecule has 118 valence electrons. The summed E-state index contributed by atoms with van der Waals surface area (Å²) in [7, 11) is 0. The van der Waals surface area contributed by atoms with E-state index in [0.29, 0.717) is 36.8 Å². The average Bonchev–Trinajstić information content (AvgIpc) is 2.52. The van der Waals surface area contributed by atoms with Crippen LogP contribution in [0.25, 0.3) is 0 Å². The van der Waals surface area contributed by atoms with Gasteiger partial charge in [-0.3, -0.25) is 9.59 Å². The lowest BCUT2D eigenvalue weighted by Crippen LogP contribution is -2.50. The van der Waals surface area contributed by atoms with Crippen LogP contribution < -0.4 is 0 Å². The van der Waals surface area contributed by atoms with Gasteiger partial charge in [-0.2, -0.15) is 0 Å². The highest BCUT2D eigenvalue weighted by molar-refractivity contribution is 6.30. The number of rotatable bonds is 4. The first-order valence-corrected chi connectivity index (χ1v) is 7.67. The van der Waals surface area contributed by atoms with E-state index in [2.05, 4.69) is 0 Å². The summed E-state index contributed by atoms with van der Waals surface area (Å²) in [4.78, 5) is 38.7. The van der Waals surface area contributed by atoms with Gasteiger partial charge in [-0.05, 0) is 25.1 Å². The fourth-order valence-corrected chi connectivity index (χ4v) is 2.59. The number of piperazine rings is 1. The Morgan fingerprint density at radius 3 is 2.27 bits per heavy atom. The molecule has 0 N–H and O–H groups in total. The molecule has 0 atom stereocenters. The number of halogens is 1. The molecule has 0 aliphatic carbocycles. The predicted molar refractivity (Wildman–Crippen MR) is 83.9 cm³/mol. The van der Waals surface area contributed by atoms with Crippen molar-refractivity contribution in [3.63, 3.8) is 0 Å². The van der Waals surface area contributed by atoms with Crippen molar-refractivity contribution in [2.45, 2.75) is 19.8 Å². The van der Waals surface area contributed by atoms with Crippen molar-refractivity contribution in [3.05, 3.63) is 34.9 Å². The lowest BCUT2D eigenvalue weighted by Gasteiger charge is -2.34. The maximum atomic E-state index is 12.4. The minimum absolute atomic E-state index is 0.0168. The Kier molecular flexibility index (Phi) is 5.55. The van der Waals surface area contributed by atoms with Gasteiger partial charge in [0.15, 0.2) is 0 Å². The summed E-state index contributed by atoms with van der Waals surface area (Å²) in [5.41, 5.74) is 0.559. The van der Waals surface area contributed by atoms with Crippen molar-refractivity contribution in [1.82, 2.24) is 9.80 Å². The van der Waals surface area contributed by atoms with Crippen molar-refractivity contribution in [2.75, 3.05) is 26.2 Å². The molecule has 0 saturated carbocycles. The molecule has 1 fully saturated rings. The van der Waals surface area contributed by atoms with Crippen molar-refractivity contribution in [1.29, 1.82) is 0 Å². The van der Waals surface area contributed by atoms with Gasteiger partial charge in [0.1, 0.15) is 5.78 Å². The Balaban J connectivity index is 1.88. The second kappa shape index (κ2) is 7.40. The summed E-state index contributed by atoms with van der Waals surface area (Å²) in [6.07, 6.45) is 0.526. The van der Waals surface area contributed by atoms with E-state index in [9.17, 15) is 14.4 Å². The van der Waals surface area contributed by atoms with Crippen LogP contribution in [-0.2, 0) is 9.59 Å². The SMILES string of the molecule is CC(=O)CCC(=O)N1CCN(C(=O)c2cccc(Cl)c2)CC1. The van der Waals surface area contributed by atoms with Crippen molar-refractivity contribution < 1.29 is 14.4 Å². The van der Waals surface area contributed by atoms with E-state index in [1.807, 2.05) is 0 Å². The number of nitrogens with zero attached hydrogens (tertiary/aromatic N) is 2. The van der Waals surface area contributed by atoms with Crippen LogP contribution in [0.15, 0.2) is 24.3 Å². The highest BCUT2D eigenvalue weighted by atomic mass is 35.5. The maximum Gasteiger partial charge on any atom is 0.254 e. The lowest BCUT2D eigenvalue weighted by molar-refractivity contribution is -0.134. The molecule has 5 nitrogen and oxygen atoms in total. The normalized spacial score (nSPS) is 14.8. The number of ketones is 1. The van der Waals surface area contributed by atoms with Crippen LogP contribution in [0.3, 0.4) is 0 Å². The number of amides is 2. The first kappa shape index (κ1) is 16.5. The van der Waals surface area contributed by atoms with Gasteiger partial charge >= 0.3 is 0 Å². The predicted octanol–water partition coefficient (Wildman–Crippen LogP) is 1.99. The van der Waals surface area contributed by atoms with Gasteiger partial charge < -0.3 is 14.6 Å². The number of carbonyl (C=O) groups excluding carboxylic acids is 3. The van der Waals surface area contributed by atoms with E-state index < -0.39 is 0 Å². The number of hydrogen-bond acceptors (Lipinski definition) is 3. The summed E-state index contributed by atoms with van der Waals surface area (Å²) < 4.78 is 0. The lowest BCUT2D eigenvalue weighted by atomic mass is 10.1. The highest BCUT2D eigenvalue weighted by Gasteiger charge is 2.24. The van der Waals surface area contributed by atoms with Gasteiger partial charge in [-0.25, -0.2) is 0 Å². The third-order valence-corrected chi connectivity index (χ3v) is 3.92. The molecule has 1 aromatic carbocycles. The van der Waals surface area contributed by atoms with Gasteiger partial charge in [0, 0.05) is 49.6 Å². The molecular weight excluding hydrogens is 304 g/mol. The zero-order chi connectivity index (χ0) is 16.1. The molecule has 0 bridgehead atoms. The van der Waals surface area contributed by atoms with E-state index in [1.54, 1.807) is 34.1 Å². The molecule has 22 heavy (non-hydrogen) atoms. The molecule has 0 radical (unpaired) electrons. The molecule has 0 spiro atoms. The molecule has 2 amide bonds. The zero-order valence-corrected chi connectivity index (χ0v) is 13.3. The standard InChI is InChI=1S/C16H19ClN2O3/c1-12(20)5-6-15(21)18-7-9-19(10-8-18)16(22)13-3-2-4-14(17)11-13/h2-4,11H,5-10H2,1H3. The maximum absolute atomic E-state index is 12.4. The second-order valence-electron chi connectivity index (χ2n) is 5.39. The number of benzene rings is 1. The molecule has 1 heterocycles. The van der Waals surface area contributed by atoms with Crippen molar-refractivity contribution in [2.24, 2.45) is 0 Å². The first-order valence-electron chi connectivity index (χ1n) is 7.29. The van der Waals surface area contributed by atoms with E-state index in [-0.39, 0.29) is 30.4 Å². The summed E-state index contributed by atoms with van der Waals surface area (Å²) in [6, 6.07) is 6.86. The first-order chi connectivity index (χ1) is 10.5. The van der Waals surface area contributed by atoms with Crippen LogP contribution in [0.5, 0.6) is 0 Å². The fraction of sp³-hybridized carbons (Fsp3) is 0.438. The zero-order valence-electron chi connectivity index (χ0n) is 12.5. The Hall–Kier alpha value is -1.88. The van der Waals surface area contributed by atoms with Crippen LogP contribution in [0.1, 0.15) is 30.1 Å². The quantitative estimate of drug-likeness (QED) is 0.852. The van der Waals surface area contributed by atoms with Crippen LogP contribution in [0, 0.1) is 0 Å². The number of hydrogen-bond donors (Lipinski definition) is 0.